The number of nitrogens with zero attached hydrogens (tertiary/aromatic N) is 1. The Morgan fingerprint density at radius 2 is 1.52 bits per heavy atom. The van der Waals surface area contributed by atoms with Gasteiger partial charge >= 0.3 is 5.97 Å². The number of rotatable bonds is 7. The van der Waals surface area contributed by atoms with Crippen LogP contribution in [0.25, 0.3) is 16.6 Å². The van der Waals surface area contributed by atoms with Gasteiger partial charge in [0.15, 0.2) is 0 Å². The van der Waals surface area contributed by atoms with E-state index in [0.29, 0.717) is 6.42 Å². The maximum Gasteiger partial charge on any atom is 0.303 e. The van der Waals surface area contributed by atoms with Crippen molar-refractivity contribution >= 4 is 16.9 Å². The van der Waals surface area contributed by atoms with Gasteiger partial charge in [0.05, 0.1) is 5.52 Å². The van der Waals surface area contributed by atoms with Crippen LogP contribution < -0.4 is 0 Å². The predicted molar refractivity (Wildman–Crippen MR) is 118 cm³/mol. The number of fused-ring (bicyclic) bond motifs is 1. The molecule has 0 aliphatic carbocycles. The molecule has 146 valence electrons. The highest BCUT2D eigenvalue weighted by atomic mass is 16.4. The molecular formula is C26H25NO2. The third-order valence-electron chi connectivity index (χ3n) is 5.55. The third kappa shape index (κ3) is 4.09. The van der Waals surface area contributed by atoms with E-state index in [0.717, 1.165) is 24.1 Å². The second-order valence-corrected chi connectivity index (χ2v) is 7.47. The fourth-order valence-electron chi connectivity index (χ4n) is 4.08. The number of para-hydroxylation sites is 1. The molecule has 4 aromatic rings. The molecular weight excluding hydrogens is 358 g/mol. The molecule has 1 aromatic heterocycles. The highest BCUT2D eigenvalue weighted by Gasteiger charge is 2.16. The maximum atomic E-state index is 11.0. The average molecular weight is 383 g/mol. The zero-order chi connectivity index (χ0) is 20.2. The standard InChI is InChI=1S/C26H25NO2/c1-19-23(15-12-20-8-4-2-5-9-20)24-18-21(14-17-26(28)29)13-16-25(24)27(19)22-10-6-3-7-11-22/h2-11,13,16,18H,12,14-15,17H2,1H3,(H,28,29). The summed E-state index contributed by atoms with van der Waals surface area (Å²) in [6, 6.07) is 27.4. The van der Waals surface area contributed by atoms with Crippen LogP contribution in [0.15, 0.2) is 78.9 Å². The number of benzene rings is 3. The molecule has 0 saturated heterocycles. The molecule has 3 heteroatoms. The normalized spacial score (nSPS) is 11.1. The third-order valence-corrected chi connectivity index (χ3v) is 5.55. The molecule has 0 radical (unpaired) electrons. The zero-order valence-corrected chi connectivity index (χ0v) is 16.6. The lowest BCUT2D eigenvalue weighted by Gasteiger charge is -2.09. The molecule has 0 saturated carbocycles. The van der Waals surface area contributed by atoms with Gasteiger partial charge in [0.1, 0.15) is 0 Å². The Bertz CT molecular complexity index is 1130. The van der Waals surface area contributed by atoms with E-state index in [1.165, 1.54) is 27.7 Å². The summed E-state index contributed by atoms with van der Waals surface area (Å²) < 4.78 is 2.32. The van der Waals surface area contributed by atoms with Crippen molar-refractivity contribution in [1.82, 2.24) is 4.57 Å². The van der Waals surface area contributed by atoms with Crippen LogP contribution in [-0.4, -0.2) is 15.6 Å². The summed E-state index contributed by atoms with van der Waals surface area (Å²) in [4.78, 5) is 11.0. The molecule has 1 heterocycles. The topological polar surface area (TPSA) is 42.2 Å². The summed E-state index contributed by atoms with van der Waals surface area (Å²) in [6.45, 7) is 2.18. The molecule has 3 aromatic carbocycles. The maximum absolute atomic E-state index is 11.0. The van der Waals surface area contributed by atoms with E-state index in [2.05, 4.69) is 78.2 Å². The predicted octanol–water partition coefficient (Wildman–Crippen LogP) is 5.74. The minimum atomic E-state index is -0.757. The van der Waals surface area contributed by atoms with Crippen molar-refractivity contribution in [3.8, 4) is 5.69 Å². The van der Waals surface area contributed by atoms with Crippen molar-refractivity contribution in [2.75, 3.05) is 0 Å². The van der Waals surface area contributed by atoms with E-state index in [1.54, 1.807) is 0 Å². The number of hydrogen-bond donors (Lipinski definition) is 1. The van der Waals surface area contributed by atoms with Crippen molar-refractivity contribution in [2.24, 2.45) is 0 Å². The van der Waals surface area contributed by atoms with Gasteiger partial charge in [-0.2, -0.15) is 0 Å². The van der Waals surface area contributed by atoms with Crippen molar-refractivity contribution < 1.29 is 9.90 Å². The smallest absolute Gasteiger partial charge is 0.303 e. The molecule has 1 N–H and O–H groups in total. The van der Waals surface area contributed by atoms with Crippen molar-refractivity contribution in [1.29, 1.82) is 0 Å². The summed E-state index contributed by atoms with van der Waals surface area (Å²) in [5, 5.41) is 10.3. The number of carbonyl (C=O) groups is 1. The first-order chi connectivity index (χ1) is 14.1. The molecule has 0 aliphatic rings. The molecule has 0 atom stereocenters. The van der Waals surface area contributed by atoms with Gasteiger partial charge < -0.3 is 9.67 Å². The summed E-state index contributed by atoms with van der Waals surface area (Å²) in [5.41, 5.74) is 7.32. The lowest BCUT2D eigenvalue weighted by Crippen LogP contribution is -1.98. The Morgan fingerprint density at radius 3 is 2.21 bits per heavy atom. The lowest BCUT2D eigenvalue weighted by molar-refractivity contribution is -0.136. The number of aryl methyl sites for hydroxylation is 3. The molecule has 4 rings (SSSR count). The Labute approximate surface area is 171 Å². The summed E-state index contributed by atoms with van der Waals surface area (Å²) in [7, 11) is 0. The molecule has 0 spiro atoms. The Morgan fingerprint density at radius 1 is 0.828 bits per heavy atom. The number of aromatic nitrogens is 1. The summed E-state index contributed by atoms with van der Waals surface area (Å²) in [5.74, 6) is -0.757. The number of carboxylic acid groups (broad SMARTS) is 1. The monoisotopic (exact) mass is 383 g/mol. The molecule has 3 nitrogen and oxygen atoms in total. The first-order valence-corrected chi connectivity index (χ1v) is 10.1. The highest BCUT2D eigenvalue weighted by molar-refractivity contribution is 5.88. The van der Waals surface area contributed by atoms with Crippen LogP contribution in [-0.2, 0) is 24.1 Å². The second-order valence-electron chi connectivity index (χ2n) is 7.47. The molecule has 0 unspecified atom stereocenters. The van der Waals surface area contributed by atoms with Crippen LogP contribution in [0.1, 0.15) is 28.8 Å². The van der Waals surface area contributed by atoms with Gasteiger partial charge in [-0.25, -0.2) is 0 Å². The molecule has 0 fully saturated rings. The lowest BCUT2D eigenvalue weighted by atomic mass is 10.00. The van der Waals surface area contributed by atoms with Crippen molar-refractivity contribution in [3.63, 3.8) is 0 Å². The van der Waals surface area contributed by atoms with Gasteiger partial charge in [-0.05, 0) is 67.1 Å². The van der Waals surface area contributed by atoms with Gasteiger partial charge in [0.2, 0.25) is 0 Å². The van der Waals surface area contributed by atoms with Gasteiger partial charge in [-0.15, -0.1) is 0 Å². The van der Waals surface area contributed by atoms with E-state index < -0.39 is 5.97 Å². The van der Waals surface area contributed by atoms with Crippen LogP contribution in [0.4, 0.5) is 0 Å². The van der Waals surface area contributed by atoms with Gasteiger partial charge in [0, 0.05) is 23.2 Å². The van der Waals surface area contributed by atoms with Crippen molar-refractivity contribution in [2.45, 2.75) is 32.6 Å². The van der Waals surface area contributed by atoms with Crippen LogP contribution in [0.5, 0.6) is 0 Å². The van der Waals surface area contributed by atoms with Crippen LogP contribution in [0, 0.1) is 6.92 Å². The number of aliphatic carboxylic acids is 1. The zero-order valence-electron chi connectivity index (χ0n) is 16.6. The fraction of sp³-hybridized carbons (Fsp3) is 0.192. The largest absolute Gasteiger partial charge is 0.481 e. The number of carboxylic acids is 1. The van der Waals surface area contributed by atoms with Gasteiger partial charge in [-0.1, -0.05) is 54.6 Å². The minimum Gasteiger partial charge on any atom is -0.481 e. The van der Waals surface area contributed by atoms with E-state index in [9.17, 15) is 4.79 Å². The van der Waals surface area contributed by atoms with E-state index in [4.69, 9.17) is 5.11 Å². The van der Waals surface area contributed by atoms with Gasteiger partial charge in [0.25, 0.3) is 0 Å². The van der Waals surface area contributed by atoms with E-state index >= 15 is 0 Å². The van der Waals surface area contributed by atoms with E-state index in [1.807, 2.05) is 12.1 Å². The molecule has 0 aliphatic heterocycles. The molecule has 0 amide bonds. The fourth-order valence-corrected chi connectivity index (χ4v) is 4.08. The molecule has 0 bridgehead atoms. The second kappa shape index (κ2) is 8.36. The first kappa shape index (κ1) is 19.0. The Balaban J connectivity index is 1.79. The van der Waals surface area contributed by atoms with Crippen LogP contribution >= 0.6 is 0 Å². The Kier molecular flexibility index (Phi) is 5.48. The SMILES string of the molecule is Cc1c(CCc2ccccc2)c2cc(CCC(=O)O)ccc2n1-c1ccccc1. The molecule has 29 heavy (non-hydrogen) atoms. The highest BCUT2D eigenvalue weighted by Crippen LogP contribution is 2.31. The van der Waals surface area contributed by atoms with E-state index in [-0.39, 0.29) is 6.42 Å². The number of hydrogen-bond acceptors (Lipinski definition) is 1. The van der Waals surface area contributed by atoms with Gasteiger partial charge in [-0.3, -0.25) is 4.79 Å². The van der Waals surface area contributed by atoms with Crippen LogP contribution in [0.2, 0.25) is 0 Å². The Hall–Kier alpha value is -3.33. The first-order valence-electron chi connectivity index (χ1n) is 10.1. The summed E-state index contributed by atoms with van der Waals surface area (Å²) >= 11 is 0. The quantitative estimate of drug-likeness (QED) is 0.442. The minimum absolute atomic E-state index is 0.156. The van der Waals surface area contributed by atoms with Crippen molar-refractivity contribution in [3.05, 3.63) is 101 Å². The average Bonchev–Trinajstić information content (AvgIpc) is 3.02. The summed E-state index contributed by atoms with van der Waals surface area (Å²) in [6.07, 6.45) is 2.64. The van der Waals surface area contributed by atoms with Crippen LogP contribution in [0.3, 0.4) is 0 Å².